The first-order chi connectivity index (χ1) is 17.6. The normalized spacial score (nSPS) is 13.7. The van der Waals surface area contributed by atoms with Crippen molar-refractivity contribution >= 4 is 44.4 Å². The summed E-state index contributed by atoms with van der Waals surface area (Å²) in [5.74, 6) is 0. The van der Waals surface area contributed by atoms with Crippen LogP contribution in [0, 0.1) is 0 Å². The van der Waals surface area contributed by atoms with E-state index in [-0.39, 0.29) is 0 Å². The minimum absolute atomic E-state index is 0.969. The first-order valence-corrected chi connectivity index (χ1v) is 13.7. The Hall–Kier alpha value is -3.40. The summed E-state index contributed by atoms with van der Waals surface area (Å²) in [5.41, 5.74) is 16.9. The van der Waals surface area contributed by atoms with Crippen LogP contribution in [0.15, 0.2) is 36.4 Å². The molecule has 2 N–H and O–H groups in total. The maximum absolute atomic E-state index is 5.18. The van der Waals surface area contributed by atoms with Crippen molar-refractivity contribution in [1.29, 1.82) is 0 Å². The summed E-state index contributed by atoms with van der Waals surface area (Å²) < 4.78 is 0. The van der Waals surface area contributed by atoms with Crippen LogP contribution in [-0.2, 0) is 12.8 Å². The zero-order chi connectivity index (χ0) is 25.4. The molecule has 2 aliphatic rings. The van der Waals surface area contributed by atoms with E-state index < -0.39 is 0 Å². The quantitative estimate of drug-likeness (QED) is 0.371. The fraction of sp³-hybridized carbons (Fsp3) is 0.375. The summed E-state index contributed by atoms with van der Waals surface area (Å²) in [4.78, 5) is 17.8. The Morgan fingerprint density at radius 3 is 1.19 bits per heavy atom. The monoisotopic (exact) mass is 478 g/mol. The number of aromatic amines is 2. The Morgan fingerprint density at radius 1 is 0.472 bits per heavy atom. The van der Waals surface area contributed by atoms with E-state index in [9.17, 15) is 0 Å². The average molecular weight is 479 g/mol. The van der Waals surface area contributed by atoms with E-state index in [1.54, 1.807) is 0 Å². The zero-order valence-electron chi connectivity index (χ0n) is 22.6. The van der Waals surface area contributed by atoms with E-state index in [0.717, 1.165) is 83.4 Å². The van der Waals surface area contributed by atoms with Gasteiger partial charge in [0.25, 0.3) is 0 Å². The van der Waals surface area contributed by atoms with Crippen LogP contribution in [0.1, 0.15) is 101 Å². The molecule has 186 valence electrons. The van der Waals surface area contributed by atoms with Crippen LogP contribution in [0.5, 0.6) is 0 Å². The predicted octanol–water partition coefficient (Wildman–Crippen LogP) is 8.90. The number of hydrogen-bond acceptors (Lipinski definition) is 2. The molecule has 4 heteroatoms. The highest BCUT2D eigenvalue weighted by molar-refractivity contribution is 5.98. The average Bonchev–Trinajstić information content (AvgIpc) is 3.66. The van der Waals surface area contributed by atoms with Crippen LogP contribution in [0.4, 0.5) is 0 Å². The Bertz CT molecular complexity index is 1420. The van der Waals surface area contributed by atoms with Crippen LogP contribution in [-0.4, -0.2) is 19.9 Å². The zero-order valence-corrected chi connectivity index (χ0v) is 22.6. The first kappa shape index (κ1) is 24.3. The smallest absolute Gasteiger partial charge is 0.0907 e. The number of rotatable bonds is 6. The van der Waals surface area contributed by atoms with E-state index in [2.05, 4.69) is 87.9 Å². The number of aromatic nitrogens is 4. The van der Waals surface area contributed by atoms with Gasteiger partial charge in [0.1, 0.15) is 0 Å². The van der Waals surface area contributed by atoms with Crippen LogP contribution < -0.4 is 0 Å². The number of hydrogen-bond donors (Lipinski definition) is 2. The third-order valence-electron chi connectivity index (χ3n) is 7.75. The Kier molecular flexibility index (Phi) is 6.70. The van der Waals surface area contributed by atoms with Gasteiger partial charge in [-0.3, -0.25) is 0 Å². The van der Waals surface area contributed by atoms with Gasteiger partial charge in [0.15, 0.2) is 0 Å². The topological polar surface area (TPSA) is 57.4 Å². The van der Waals surface area contributed by atoms with E-state index in [1.165, 1.54) is 33.4 Å². The Labute approximate surface area is 214 Å². The second kappa shape index (κ2) is 9.93. The van der Waals surface area contributed by atoms with Crippen LogP contribution >= 0.6 is 0 Å². The standard InChI is InChI=1S/C32H38N4/c1-7-19-17-29-31-23(11-5)21(9-3)28(35-31)16-14-26-20(8-2)18-30(34-26)32-24(12-6)22(10-4)27(36-32)15-13-25(19)33-29/h13-18,33-34H,7-12H2,1-6H3. The molecular formula is C32H38N4. The van der Waals surface area contributed by atoms with E-state index in [0.29, 0.717) is 0 Å². The SMILES string of the molecule is CCC1=C(CC)c2nc1ccc1[nH]c(cc1CC)c1nc(ccc3[nH]c2cc3CC)C(CC)=C1CC. The molecular weight excluding hydrogens is 440 g/mol. The number of H-pyrrole nitrogens is 2. The number of fused-ring (bicyclic) bond motifs is 10. The highest BCUT2D eigenvalue weighted by Gasteiger charge is 2.21. The second-order valence-electron chi connectivity index (χ2n) is 9.64. The molecule has 4 nitrogen and oxygen atoms in total. The Balaban J connectivity index is 1.94. The fourth-order valence-corrected chi connectivity index (χ4v) is 5.87. The molecule has 0 radical (unpaired) electrons. The van der Waals surface area contributed by atoms with Crippen molar-refractivity contribution in [1.82, 2.24) is 19.9 Å². The van der Waals surface area contributed by atoms with Gasteiger partial charge < -0.3 is 9.97 Å². The number of aryl methyl sites for hydroxylation is 2. The molecule has 8 bridgehead atoms. The van der Waals surface area contributed by atoms with Crippen molar-refractivity contribution in [2.75, 3.05) is 0 Å². The van der Waals surface area contributed by atoms with Crippen molar-refractivity contribution in [3.8, 4) is 0 Å². The lowest BCUT2D eigenvalue weighted by atomic mass is 10.00. The lowest BCUT2D eigenvalue weighted by Crippen LogP contribution is -1.83. The van der Waals surface area contributed by atoms with E-state index in [4.69, 9.17) is 9.97 Å². The first-order valence-electron chi connectivity index (χ1n) is 13.7. The molecule has 0 saturated heterocycles. The van der Waals surface area contributed by atoms with E-state index >= 15 is 0 Å². The van der Waals surface area contributed by atoms with Crippen molar-refractivity contribution in [3.05, 3.63) is 70.3 Å². The maximum atomic E-state index is 5.18. The molecule has 5 rings (SSSR count). The molecule has 3 aromatic heterocycles. The van der Waals surface area contributed by atoms with Crippen LogP contribution in [0.25, 0.3) is 44.4 Å². The molecule has 0 unspecified atom stereocenters. The minimum atomic E-state index is 0.969. The van der Waals surface area contributed by atoms with Gasteiger partial charge in [0, 0.05) is 11.0 Å². The molecule has 3 aromatic rings. The number of nitrogens with zero attached hydrogens (tertiary/aromatic N) is 2. The molecule has 0 spiro atoms. The van der Waals surface area contributed by atoms with Gasteiger partial charge in [-0.05, 0) is 108 Å². The fourth-order valence-electron chi connectivity index (χ4n) is 5.87. The van der Waals surface area contributed by atoms with Gasteiger partial charge in [-0.15, -0.1) is 0 Å². The summed E-state index contributed by atoms with van der Waals surface area (Å²) in [5, 5.41) is 0. The highest BCUT2D eigenvalue weighted by Crippen LogP contribution is 2.38. The second-order valence-corrected chi connectivity index (χ2v) is 9.64. The van der Waals surface area contributed by atoms with Crippen molar-refractivity contribution in [3.63, 3.8) is 0 Å². The van der Waals surface area contributed by atoms with Crippen molar-refractivity contribution < 1.29 is 0 Å². The van der Waals surface area contributed by atoms with Crippen LogP contribution in [0.2, 0.25) is 0 Å². The molecule has 0 fully saturated rings. The van der Waals surface area contributed by atoms with Gasteiger partial charge in [-0.2, -0.15) is 0 Å². The lowest BCUT2D eigenvalue weighted by molar-refractivity contribution is 1.16. The molecule has 0 amide bonds. The van der Waals surface area contributed by atoms with E-state index in [1.807, 2.05) is 0 Å². The third-order valence-corrected chi connectivity index (χ3v) is 7.75. The highest BCUT2D eigenvalue weighted by atomic mass is 14.8. The third kappa shape index (κ3) is 3.93. The van der Waals surface area contributed by atoms with Gasteiger partial charge >= 0.3 is 0 Å². The summed E-state index contributed by atoms with van der Waals surface area (Å²) >= 11 is 0. The number of nitrogens with one attached hydrogen (secondary N) is 2. The molecule has 0 atom stereocenters. The van der Waals surface area contributed by atoms with Crippen LogP contribution in [0.3, 0.4) is 0 Å². The summed E-state index contributed by atoms with van der Waals surface area (Å²) in [6, 6.07) is 13.4. The molecule has 0 aromatic carbocycles. The Morgan fingerprint density at radius 2 is 0.861 bits per heavy atom. The molecule has 2 aliphatic heterocycles. The number of allylic oxidation sites excluding steroid dienone is 4. The van der Waals surface area contributed by atoms with Crippen molar-refractivity contribution in [2.45, 2.75) is 80.1 Å². The van der Waals surface area contributed by atoms with Gasteiger partial charge in [0.2, 0.25) is 0 Å². The van der Waals surface area contributed by atoms with Gasteiger partial charge in [-0.1, -0.05) is 41.5 Å². The minimum Gasteiger partial charge on any atom is -0.354 e. The summed E-state index contributed by atoms with van der Waals surface area (Å²) in [6.07, 6.45) is 5.82. The molecule has 5 heterocycles. The van der Waals surface area contributed by atoms with Gasteiger partial charge in [0.05, 0.1) is 33.8 Å². The molecule has 36 heavy (non-hydrogen) atoms. The summed E-state index contributed by atoms with van der Waals surface area (Å²) in [7, 11) is 0. The molecule has 0 saturated carbocycles. The van der Waals surface area contributed by atoms with Crippen molar-refractivity contribution in [2.24, 2.45) is 0 Å². The van der Waals surface area contributed by atoms with Gasteiger partial charge in [-0.25, -0.2) is 9.97 Å². The summed E-state index contributed by atoms with van der Waals surface area (Å²) in [6.45, 7) is 13.4. The molecule has 0 aliphatic carbocycles. The maximum Gasteiger partial charge on any atom is 0.0907 e. The largest absolute Gasteiger partial charge is 0.354 e. The lowest BCUT2D eigenvalue weighted by Gasteiger charge is -2.03. The predicted molar refractivity (Wildman–Crippen MR) is 155 cm³/mol.